The highest BCUT2D eigenvalue weighted by Crippen LogP contribution is 2.74. The molecule has 0 aliphatic heterocycles. The van der Waals surface area contributed by atoms with Gasteiger partial charge in [0.2, 0.25) is 0 Å². The van der Waals surface area contributed by atoms with Crippen molar-refractivity contribution in [1.82, 2.24) is 0 Å². The van der Waals surface area contributed by atoms with Crippen LogP contribution in [0, 0.1) is 45.3 Å². The average Bonchev–Trinajstić information content (AvgIpc) is 3.08. The van der Waals surface area contributed by atoms with Crippen LogP contribution in [-0.2, 0) is 9.59 Å². The average molecular weight is 457 g/mol. The third-order valence-corrected chi connectivity index (χ3v) is 11.9. The minimum Gasteiger partial charge on any atom is -0.390 e. The first-order valence-corrected chi connectivity index (χ1v) is 13.5. The van der Waals surface area contributed by atoms with Gasteiger partial charge in [0.05, 0.1) is 5.60 Å². The van der Waals surface area contributed by atoms with E-state index < -0.39 is 5.60 Å². The molecule has 0 aromatic rings. The van der Waals surface area contributed by atoms with Crippen LogP contribution in [0.15, 0.2) is 11.6 Å². The van der Waals surface area contributed by atoms with Gasteiger partial charge in [-0.25, -0.2) is 0 Å². The molecule has 4 aliphatic carbocycles. The zero-order chi connectivity index (χ0) is 24.6. The lowest BCUT2D eigenvalue weighted by molar-refractivity contribution is -0.205. The quantitative estimate of drug-likeness (QED) is 0.467. The highest BCUT2D eigenvalue weighted by molar-refractivity contribution is 5.86. The number of hydrogen-bond donors (Lipinski definition) is 1. The van der Waals surface area contributed by atoms with E-state index in [-0.39, 0.29) is 33.5 Å². The Bertz CT molecular complexity index is 862. The largest absolute Gasteiger partial charge is 0.390 e. The molecule has 1 N–H and O–H groups in total. The molecule has 186 valence electrons. The first-order chi connectivity index (χ1) is 15.1. The Hall–Kier alpha value is -0.960. The molecule has 4 fully saturated rings. The second-order valence-electron chi connectivity index (χ2n) is 14.1. The van der Waals surface area contributed by atoms with Crippen LogP contribution in [0.5, 0.6) is 0 Å². The molecule has 0 radical (unpaired) electrons. The Morgan fingerprint density at radius 1 is 1.00 bits per heavy atom. The molecule has 0 bridgehead atoms. The summed E-state index contributed by atoms with van der Waals surface area (Å²) in [5, 5.41) is 11.6. The van der Waals surface area contributed by atoms with Gasteiger partial charge in [0.1, 0.15) is 11.6 Å². The first-order valence-electron chi connectivity index (χ1n) is 13.5. The van der Waals surface area contributed by atoms with E-state index in [0.29, 0.717) is 36.2 Å². The van der Waals surface area contributed by atoms with Gasteiger partial charge in [0.25, 0.3) is 0 Å². The molecule has 0 spiro atoms. The van der Waals surface area contributed by atoms with Gasteiger partial charge in [-0.2, -0.15) is 0 Å². The molecule has 3 nitrogen and oxygen atoms in total. The van der Waals surface area contributed by atoms with Gasteiger partial charge in [0.15, 0.2) is 0 Å². The fraction of sp³-hybridized carbons (Fsp3) is 0.867. The van der Waals surface area contributed by atoms with Crippen LogP contribution < -0.4 is 0 Å². The Balaban J connectivity index is 1.68. The number of hydrogen-bond acceptors (Lipinski definition) is 3. The van der Waals surface area contributed by atoms with Crippen molar-refractivity contribution in [2.75, 3.05) is 0 Å². The topological polar surface area (TPSA) is 54.4 Å². The lowest BCUT2D eigenvalue weighted by Gasteiger charge is -2.68. The van der Waals surface area contributed by atoms with Crippen LogP contribution >= 0.6 is 0 Å². The lowest BCUT2D eigenvalue weighted by Crippen LogP contribution is -2.65. The number of carbonyl (C=O) groups is 2. The van der Waals surface area contributed by atoms with E-state index in [9.17, 15) is 14.7 Å². The van der Waals surface area contributed by atoms with Gasteiger partial charge in [-0.05, 0) is 99.7 Å². The van der Waals surface area contributed by atoms with Crippen molar-refractivity contribution in [3.8, 4) is 0 Å². The molecule has 0 heterocycles. The van der Waals surface area contributed by atoms with E-state index in [1.54, 1.807) is 0 Å². The number of fused-ring (bicyclic) bond motifs is 5. The second kappa shape index (κ2) is 7.77. The monoisotopic (exact) mass is 456 g/mol. The van der Waals surface area contributed by atoms with Crippen LogP contribution in [0.25, 0.3) is 0 Å². The van der Waals surface area contributed by atoms with Crippen molar-refractivity contribution in [2.24, 2.45) is 45.3 Å². The molecular formula is C30H48O3. The Labute approximate surface area is 202 Å². The predicted molar refractivity (Wildman–Crippen MR) is 134 cm³/mol. The summed E-state index contributed by atoms with van der Waals surface area (Å²) < 4.78 is 0. The molecule has 0 saturated heterocycles. The first kappa shape index (κ1) is 25.1. The molecule has 4 aliphatic rings. The van der Waals surface area contributed by atoms with Crippen LogP contribution in [0.3, 0.4) is 0 Å². The van der Waals surface area contributed by atoms with Gasteiger partial charge in [-0.1, -0.05) is 46.3 Å². The molecule has 4 saturated carbocycles. The van der Waals surface area contributed by atoms with Gasteiger partial charge in [-0.3, -0.25) is 9.59 Å². The molecule has 5 unspecified atom stereocenters. The Morgan fingerprint density at radius 2 is 1.64 bits per heavy atom. The van der Waals surface area contributed by atoms with Crippen molar-refractivity contribution in [3.05, 3.63) is 11.6 Å². The number of carbonyl (C=O) groups excluding carboxylic acids is 2. The second-order valence-corrected chi connectivity index (χ2v) is 14.1. The summed E-state index contributed by atoms with van der Waals surface area (Å²) in [6.07, 6.45) is 10.2. The maximum Gasteiger partial charge on any atom is 0.138 e. The summed E-state index contributed by atoms with van der Waals surface area (Å²) in [5.74, 6) is 1.50. The highest BCUT2D eigenvalue weighted by Gasteiger charge is 2.71. The zero-order valence-electron chi connectivity index (χ0n) is 22.5. The fourth-order valence-electron chi connectivity index (χ4n) is 9.77. The summed E-state index contributed by atoms with van der Waals surface area (Å²) in [6, 6.07) is 0. The normalized spacial score (nSPS) is 46.1. The van der Waals surface area contributed by atoms with Crippen molar-refractivity contribution in [3.63, 3.8) is 0 Å². The SMILES string of the molecule is CC(C)=CCCC(C)(O)C1CC[C@]2(C)C1C(=O)CC1[C@@]3(C)CCC(=O)C(C)(C)C3CC[C@]12C. The van der Waals surface area contributed by atoms with E-state index in [1.807, 2.05) is 6.92 Å². The smallest absolute Gasteiger partial charge is 0.138 e. The molecule has 3 heteroatoms. The number of rotatable bonds is 4. The number of allylic oxidation sites excluding steroid dienone is 2. The molecule has 0 amide bonds. The van der Waals surface area contributed by atoms with Crippen LogP contribution in [-0.4, -0.2) is 22.3 Å². The fourth-order valence-corrected chi connectivity index (χ4v) is 9.77. The zero-order valence-corrected chi connectivity index (χ0v) is 22.5. The van der Waals surface area contributed by atoms with Crippen LogP contribution in [0.4, 0.5) is 0 Å². The summed E-state index contributed by atoms with van der Waals surface area (Å²) in [7, 11) is 0. The molecule has 8 atom stereocenters. The minimum atomic E-state index is -0.812. The number of aliphatic hydroxyl groups is 1. The predicted octanol–water partition coefficient (Wildman–Crippen LogP) is 6.92. The van der Waals surface area contributed by atoms with Gasteiger partial charge >= 0.3 is 0 Å². The third-order valence-electron chi connectivity index (χ3n) is 11.9. The van der Waals surface area contributed by atoms with E-state index in [0.717, 1.165) is 44.9 Å². The summed E-state index contributed by atoms with van der Waals surface area (Å²) >= 11 is 0. The minimum absolute atomic E-state index is 0.0398. The van der Waals surface area contributed by atoms with Crippen molar-refractivity contribution >= 4 is 11.6 Å². The third kappa shape index (κ3) is 3.46. The van der Waals surface area contributed by atoms with Crippen LogP contribution in [0.1, 0.15) is 113 Å². The maximum atomic E-state index is 14.0. The van der Waals surface area contributed by atoms with Gasteiger partial charge in [-0.15, -0.1) is 0 Å². The molecule has 0 aromatic carbocycles. The van der Waals surface area contributed by atoms with E-state index in [4.69, 9.17) is 0 Å². The molecular weight excluding hydrogens is 408 g/mol. The Morgan fingerprint density at radius 3 is 2.27 bits per heavy atom. The highest BCUT2D eigenvalue weighted by atomic mass is 16.3. The van der Waals surface area contributed by atoms with Crippen LogP contribution in [0.2, 0.25) is 0 Å². The summed E-state index contributed by atoms with van der Waals surface area (Å²) in [5.41, 5.74) is 0.230. The number of ketones is 2. The molecule has 33 heavy (non-hydrogen) atoms. The number of Topliss-reactive ketones (excluding diaryl/α,β-unsaturated/α-hetero) is 2. The Kier molecular flexibility index (Phi) is 5.92. The molecule has 0 aromatic heterocycles. The standard InChI is InChI=1S/C30H48O3/c1-19(2)10-9-14-30(8,33)20-11-16-29(7)25(20)21(31)18-23-27(5)15-13-24(32)26(3,4)22(27)12-17-28(23,29)6/h10,20,22-23,25,33H,9,11-18H2,1-8H3/t20?,22?,23?,25?,27-,28+,29+,30?/m0/s1. The van der Waals surface area contributed by atoms with Gasteiger partial charge < -0.3 is 5.11 Å². The van der Waals surface area contributed by atoms with E-state index >= 15 is 0 Å². The maximum absolute atomic E-state index is 14.0. The van der Waals surface area contributed by atoms with E-state index in [1.165, 1.54) is 5.57 Å². The van der Waals surface area contributed by atoms with Gasteiger partial charge in [0, 0.05) is 24.2 Å². The van der Waals surface area contributed by atoms with Crippen molar-refractivity contribution in [1.29, 1.82) is 0 Å². The van der Waals surface area contributed by atoms with Crippen molar-refractivity contribution < 1.29 is 14.7 Å². The van der Waals surface area contributed by atoms with E-state index in [2.05, 4.69) is 54.5 Å². The van der Waals surface area contributed by atoms with Crippen molar-refractivity contribution in [2.45, 2.75) is 119 Å². The summed E-state index contributed by atoms with van der Waals surface area (Å²) in [6.45, 7) is 17.8. The molecule has 4 rings (SSSR count). The lowest BCUT2D eigenvalue weighted by atomic mass is 9.35. The summed E-state index contributed by atoms with van der Waals surface area (Å²) in [4.78, 5) is 26.8.